The van der Waals surface area contributed by atoms with Crippen molar-refractivity contribution in [3.63, 3.8) is 0 Å². The fraction of sp³-hybridized carbons (Fsp3) is 0.613. The highest BCUT2D eigenvalue weighted by Crippen LogP contribution is 2.26. The number of benzene rings is 1. The van der Waals surface area contributed by atoms with Gasteiger partial charge in [-0.25, -0.2) is 14.6 Å². The standard InChI is InChI=1S/C31H47Cl3N6O8/c1-18(2)15-21(37-27(44)24(19(3)4)38-28(45)48-30(5,6)7)25(42)36-22(16-20-11-9-8-10-12-20)26(43)39-40(14-13-23(35)41)29(46)47-17-31(32,33)34/h8-12,18-19,21-22,24H,13-17H2,1-7H3,(H2,35,41)(H,36,42)(H,37,44)(H,38,45)(H,39,43)/t21-,22-,24-/m0/s1. The van der Waals surface area contributed by atoms with Crippen LogP contribution in [-0.4, -0.2) is 81.5 Å². The van der Waals surface area contributed by atoms with E-state index in [4.69, 9.17) is 50.0 Å². The first-order valence-electron chi connectivity index (χ1n) is 15.3. The fourth-order valence-corrected chi connectivity index (χ4v) is 4.28. The van der Waals surface area contributed by atoms with E-state index in [1.807, 2.05) is 13.8 Å². The van der Waals surface area contributed by atoms with Crippen LogP contribution in [0.5, 0.6) is 0 Å². The number of halogens is 3. The van der Waals surface area contributed by atoms with Crippen LogP contribution in [0, 0.1) is 11.8 Å². The molecule has 0 bridgehead atoms. The van der Waals surface area contributed by atoms with E-state index in [1.54, 1.807) is 65.0 Å². The number of nitrogens with two attached hydrogens (primary N) is 1. The van der Waals surface area contributed by atoms with Gasteiger partial charge in [0.2, 0.25) is 21.5 Å². The molecule has 6 amide bonds. The van der Waals surface area contributed by atoms with Gasteiger partial charge in [-0.1, -0.05) is 92.8 Å². The number of ether oxygens (including phenoxy) is 2. The number of hydrogen-bond donors (Lipinski definition) is 5. The van der Waals surface area contributed by atoms with E-state index in [0.29, 0.717) is 10.6 Å². The number of carbonyl (C=O) groups is 6. The average Bonchev–Trinajstić information content (AvgIpc) is 2.94. The van der Waals surface area contributed by atoms with Gasteiger partial charge in [0, 0.05) is 12.8 Å². The third kappa shape index (κ3) is 17.6. The molecule has 0 aliphatic carbocycles. The van der Waals surface area contributed by atoms with Crippen LogP contribution < -0.4 is 27.1 Å². The molecular weight excluding hydrogens is 691 g/mol. The molecule has 14 nitrogen and oxygen atoms in total. The minimum Gasteiger partial charge on any atom is -0.444 e. The summed E-state index contributed by atoms with van der Waals surface area (Å²) in [7, 11) is 0. The molecule has 1 aromatic carbocycles. The number of primary amides is 1. The lowest BCUT2D eigenvalue weighted by molar-refractivity contribution is -0.134. The Morgan fingerprint density at radius 1 is 0.854 bits per heavy atom. The zero-order valence-electron chi connectivity index (χ0n) is 28.2. The number of rotatable bonds is 15. The second-order valence-electron chi connectivity index (χ2n) is 12.8. The summed E-state index contributed by atoms with van der Waals surface area (Å²) < 4.78 is 8.30. The van der Waals surface area contributed by atoms with Crippen molar-refractivity contribution >= 4 is 70.6 Å². The van der Waals surface area contributed by atoms with Crippen LogP contribution in [-0.2, 0) is 35.1 Å². The van der Waals surface area contributed by atoms with Crippen LogP contribution in [0.1, 0.15) is 66.9 Å². The predicted molar refractivity (Wildman–Crippen MR) is 182 cm³/mol. The topological polar surface area (TPSA) is 198 Å². The van der Waals surface area contributed by atoms with Gasteiger partial charge < -0.3 is 31.2 Å². The van der Waals surface area contributed by atoms with Gasteiger partial charge >= 0.3 is 12.2 Å². The van der Waals surface area contributed by atoms with Gasteiger partial charge in [0.15, 0.2) is 0 Å². The lowest BCUT2D eigenvalue weighted by Crippen LogP contribution is -2.60. The third-order valence-electron chi connectivity index (χ3n) is 6.28. The highest BCUT2D eigenvalue weighted by atomic mass is 35.6. The van der Waals surface area contributed by atoms with Gasteiger partial charge in [-0.15, -0.1) is 0 Å². The number of alkyl halides is 3. The van der Waals surface area contributed by atoms with Gasteiger partial charge in [-0.05, 0) is 44.6 Å². The minimum absolute atomic E-state index is 0.0254. The molecule has 0 spiro atoms. The van der Waals surface area contributed by atoms with E-state index < -0.39 is 69.9 Å². The first-order valence-corrected chi connectivity index (χ1v) is 16.4. The summed E-state index contributed by atoms with van der Waals surface area (Å²) in [6.45, 7) is 11.1. The van der Waals surface area contributed by atoms with Gasteiger partial charge in [-0.2, -0.15) is 0 Å². The van der Waals surface area contributed by atoms with E-state index >= 15 is 0 Å². The molecule has 6 N–H and O–H groups in total. The Hall–Kier alpha value is -3.49. The highest BCUT2D eigenvalue weighted by molar-refractivity contribution is 6.67. The Labute approximate surface area is 296 Å². The molecule has 0 fully saturated rings. The lowest BCUT2D eigenvalue weighted by Gasteiger charge is -2.29. The number of nitrogens with zero attached hydrogens (tertiary/aromatic N) is 1. The van der Waals surface area contributed by atoms with E-state index in [0.717, 1.165) is 0 Å². The number of nitrogens with one attached hydrogen (secondary N) is 4. The second-order valence-corrected chi connectivity index (χ2v) is 15.3. The normalized spacial score (nSPS) is 13.5. The van der Waals surface area contributed by atoms with Crippen LogP contribution in [0.4, 0.5) is 9.59 Å². The lowest BCUT2D eigenvalue weighted by atomic mass is 9.99. The Kier molecular flexibility index (Phi) is 17.3. The summed E-state index contributed by atoms with van der Waals surface area (Å²) in [6.07, 6.45) is -2.14. The molecule has 3 atom stereocenters. The molecule has 1 aromatic rings. The Morgan fingerprint density at radius 2 is 1.44 bits per heavy atom. The Bertz CT molecular complexity index is 1250. The van der Waals surface area contributed by atoms with Gasteiger partial charge in [-0.3, -0.25) is 24.6 Å². The Morgan fingerprint density at radius 3 is 1.94 bits per heavy atom. The number of amides is 6. The maximum absolute atomic E-state index is 13.7. The molecule has 0 aromatic heterocycles. The maximum atomic E-state index is 13.7. The number of carbonyl (C=O) groups excluding carboxylic acids is 6. The molecule has 270 valence electrons. The molecule has 0 unspecified atom stereocenters. The van der Waals surface area contributed by atoms with Crippen molar-refractivity contribution in [3.05, 3.63) is 35.9 Å². The van der Waals surface area contributed by atoms with Crippen LogP contribution in [0.3, 0.4) is 0 Å². The number of alkyl carbamates (subject to hydrolysis) is 1. The monoisotopic (exact) mass is 736 g/mol. The zero-order valence-corrected chi connectivity index (χ0v) is 30.5. The van der Waals surface area contributed by atoms with Crippen LogP contribution >= 0.6 is 34.8 Å². The van der Waals surface area contributed by atoms with Crippen molar-refractivity contribution in [1.29, 1.82) is 0 Å². The van der Waals surface area contributed by atoms with Crippen molar-refractivity contribution in [2.24, 2.45) is 17.6 Å². The zero-order chi connectivity index (χ0) is 36.8. The predicted octanol–water partition coefficient (Wildman–Crippen LogP) is 3.51. The molecule has 0 aliphatic rings. The van der Waals surface area contributed by atoms with Crippen molar-refractivity contribution in [3.8, 4) is 0 Å². The summed E-state index contributed by atoms with van der Waals surface area (Å²) in [6, 6.07) is 5.27. The molecular formula is C31H47Cl3N6O8. The first kappa shape index (κ1) is 42.5. The average molecular weight is 738 g/mol. The van der Waals surface area contributed by atoms with Gasteiger partial charge in [0.1, 0.15) is 30.3 Å². The van der Waals surface area contributed by atoms with E-state index in [2.05, 4.69) is 21.4 Å². The highest BCUT2D eigenvalue weighted by Gasteiger charge is 2.33. The van der Waals surface area contributed by atoms with E-state index in [-0.39, 0.29) is 37.6 Å². The van der Waals surface area contributed by atoms with Crippen molar-refractivity contribution in [2.75, 3.05) is 13.2 Å². The molecule has 0 radical (unpaired) electrons. The molecule has 48 heavy (non-hydrogen) atoms. The minimum atomic E-state index is -1.95. The smallest absolute Gasteiger partial charge is 0.428 e. The summed E-state index contributed by atoms with van der Waals surface area (Å²) in [5.41, 5.74) is 7.44. The van der Waals surface area contributed by atoms with Crippen LogP contribution in [0.25, 0.3) is 0 Å². The molecule has 0 aliphatic heterocycles. The SMILES string of the molecule is CC(C)C[C@H](NC(=O)[C@@H](NC(=O)OC(C)(C)C)C(C)C)C(=O)N[C@@H](Cc1ccccc1)C(=O)NN(CCC(N)=O)C(=O)OCC(Cl)(Cl)Cl. The van der Waals surface area contributed by atoms with E-state index in [9.17, 15) is 28.8 Å². The fourth-order valence-electron chi connectivity index (χ4n) is 4.11. The summed E-state index contributed by atoms with van der Waals surface area (Å²) >= 11 is 17.0. The molecule has 0 saturated heterocycles. The van der Waals surface area contributed by atoms with Gasteiger partial charge in [0.05, 0.1) is 6.54 Å². The van der Waals surface area contributed by atoms with Crippen LogP contribution in [0.15, 0.2) is 30.3 Å². The third-order valence-corrected chi connectivity index (χ3v) is 6.61. The summed E-state index contributed by atoms with van der Waals surface area (Å²) in [5.74, 6) is -3.40. The summed E-state index contributed by atoms with van der Waals surface area (Å²) in [5, 5.41) is 8.61. The number of hydrazine groups is 1. The second kappa shape index (κ2) is 19.5. The molecule has 0 heterocycles. The largest absolute Gasteiger partial charge is 0.444 e. The summed E-state index contributed by atoms with van der Waals surface area (Å²) in [4.78, 5) is 77.4. The molecule has 1 rings (SSSR count). The van der Waals surface area contributed by atoms with Gasteiger partial charge in [0.25, 0.3) is 5.91 Å². The van der Waals surface area contributed by atoms with E-state index in [1.165, 1.54) is 0 Å². The number of hydrogen-bond acceptors (Lipinski definition) is 8. The van der Waals surface area contributed by atoms with Crippen molar-refractivity contribution in [1.82, 2.24) is 26.4 Å². The molecule has 0 saturated carbocycles. The maximum Gasteiger partial charge on any atom is 0.428 e. The molecule has 17 heteroatoms. The Balaban J connectivity index is 3.30. The van der Waals surface area contributed by atoms with Crippen molar-refractivity contribution < 1.29 is 38.2 Å². The first-order chi connectivity index (χ1) is 22.1. The van der Waals surface area contributed by atoms with Crippen LogP contribution in [0.2, 0.25) is 0 Å². The van der Waals surface area contributed by atoms with Crippen molar-refractivity contribution in [2.45, 2.75) is 95.2 Å². The quantitative estimate of drug-likeness (QED) is 0.133.